The third kappa shape index (κ3) is 4.74. The van der Waals surface area contributed by atoms with Crippen LogP contribution in [0.1, 0.15) is 0 Å². The Morgan fingerprint density at radius 3 is 0.987 bits per heavy atom. The Kier molecular flexibility index (Phi) is 7.89. The molecule has 6 heteroatoms. The first-order chi connectivity index (χ1) is 37.8. The van der Waals surface area contributed by atoms with E-state index in [9.17, 15) is 0 Å². The molecule has 350 valence electrons. The molecule has 0 aliphatic carbocycles. The topological polar surface area (TPSA) is 35.6 Å². The van der Waals surface area contributed by atoms with Crippen LogP contribution in [-0.4, -0.2) is 35.2 Å². The third-order valence-corrected chi connectivity index (χ3v) is 27.7. The Balaban J connectivity index is 1.06. The summed E-state index contributed by atoms with van der Waals surface area (Å²) in [6.07, 6.45) is 3.95. The molecule has 4 aliphatic rings. The van der Waals surface area contributed by atoms with Crippen molar-refractivity contribution < 1.29 is 0 Å². The van der Waals surface area contributed by atoms with Crippen LogP contribution in [0.25, 0.3) is 111 Å². The third-order valence-electron chi connectivity index (χ3n) is 17.8. The second-order valence-corrected chi connectivity index (χ2v) is 28.3. The van der Waals surface area contributed by atoms with Crippen molar-refractivity contribution in [1.82, 2.24) is 19.1 Å². The van der Waals surface area contributed by atoms with Crippen molar-refractivity contribution in [2.24, 2.45) is 0 Å². The maximum absolute atomic E-state index is 5.41. The summed E-state index contributed by atoms with van der Waals surface area (Å²) in [4.78, 5) is 10.8. The van der Waals surface area contributed by atoms with Crippen LogP contribution in [0.4, 0.5) is 0 Å². The highest BCUT2D eigenvalue weighted by atomic mass is 28.3. The van der Waals surface area contributed by atoms with E-state index in [2.05, 4.69) is 252 Å². The van der Waals surface area contributed by atoms with E-state index in [1.165, 1.54) is 119 Å². The van der Waals surface area contributed by atoms with Gasteiger partial charge in [0.1, 0.15) is 0 Å². The molecule has 0 bridgehead atoms. The fourth-order valence-electron chi connectivity index (χ4n) is 15.3. The van der Waals surface area contributed by atoms with Crippen LogP contribution in [0.5, 0.6) is 0 Å². The van der Waals surface area contributed by atoms with Gasteiger partial charge in [0, 0.05) is 45.1 Å². The number of para-hydroxylation sites is 4. The molecule has 0 saturated heterocycles. The maximum Gasteiger partial charge on any atom is 0.185 e. The predicted molar refractivity (Wildman–Crippen MR) is 319 cm³/mol. The highest BCUT2D eigenvalue weighted by Gasteiger charge is 2.56. The molecule has 0 amide bonds. The van der Waals surface area contributed by atoms with Gasteiger partial charge in [-0.05, 0) is 111 Å². The summed E-state index contributed by atoms with van der Waals surface area (Å²) in [5.41, 5.74) is 19.2. The maximum atomic E-state index is 5.41. The molecule has 14 aromatic rings. The van der Waals surface area contributed by atoms with E-state index >= 15 is 0 Å². The summed E-state index contributed by atoms with van der Waals surface area (Å²) >= 11 is 0. The van der Waals surface area contributed by atoms with Crippen LogP contribution >= 0.6 is 0 Å². The van der Waals surface area contributed by atoms with Crippen LogP contribution in [0.2, 0.25) is 0 Å². The Morgan fingerprint density at radius 2 is 0.592 bits per heavy atom. The van der Waals surface area contributed by atoms with Gasteiger partial charge in [-0.25, -0.2) is 0 Å². The van der Waals surface area contributed by atoms with Crippen molar-refractivity contribution >= 4 is 101 Å². The fraction of sp³-hybridized carbons (Fsp3) is 0. The molecule has 0 unspecified atom stereocenters. The molecule has 4 nitrogen and oxygen atoms in total. The minimum absolute atomic E-state index is 0.941. The summed E-state index contributed by atoms with van der Waals surface area (Å²) in [5.74, 6) is 0. The highest BCUT2D eigenvalue weighted by Crippen LogP contribution is 2.49. The lowest BCUT2D eigenvalue weighted by atomic mass is 9.89. The summed E-state index contributed by atoms with van der Waals surface area (Å²) in [7, 11) is -6.05. The zero-order chi connectivity index (χ0) is 49.4. The molecular weight excluding hydrogens is 953 g/mol. The molecule has 4 aliphatic heterocycles. The first-order valence-corrected chi connectivity index (χ1v) is 30.4. The largest absolute Gasteiger partial charge is 0.309 e. The van der Waals surface area contributed by atoms with Crippen molar-refractivity contribution in [2.75, 3.05) is 0 Å². The van der Waals surface area contributed by atoms with Gasteiger partial charge in [-0.2, -0.15) is 0 Å². The van der Waals surface area contributed by atoms with Crippen molar-refractivity contribution in [1.29, 1.82) is 0 Å². The van der Waals surface area contributed by atoms with Gasteiger partial charge in [0.15, 0.2) is 16.1 Å². The van der Waals surface area contributed by atoms with Crippen LogP contribution in [0, 0.1) is 0 Å². The monoisotopic (exact) mass is 994 g/mol. The molecule has 10 aromatic carbocycles. The second-order valence-electron chi connectivity index (χ2n) is 21.0. The number of benzene rings is 10. The lowest BCUT2D eigenvalue weighted by molar-refractivity contribution is 1.17. The minimum atomic E-state index is -3.03. The second kappa shape index (κ2) is 14.6. The quantitative estimate of drug-likeness (QED) is 0.165. The van der Waals surface area contributed by atoms with Gasteiger partial charge in [0.05, 0.1) is 44.8 Å². The molecule has 76 heavy (non-hydrogen) atoms. The summed E-state index contributed by atoms with van der Waals surface area (Å²) in [6, 6.07) is 92.4. The van der Waals surface area contributed by atoms with Crippen molar-refractivity contribution in [2.45, 2.75) is 0 Å². The average molecular weight is 995 g/mol. The fourth-order valence-corrected chi connectivity index (χ4v) is 26.4. The Hall–Kier alpha value is -9.47. The van der Waals surface area contributed by atoms with E-state index in [1.54, 1.807) is 0 Å². The number of fused-ring (bicyclic) bond motifs is 24. The lowest BCUT2D eigenvalue weighted by Crippen LogP contribution is -2.75. The van der Waals surface area contributed by atoms with Gasteiger partial charge in [0.25, 0.3) is 0 Å². The predicted octanol–water partition coefficient (Wildman–Crippen LogP) is 11.0. The van der Waals surface area contributed by atoms with Crippen molar-refractivity contribution in [3.63, 3.8) is 0 Å². The van der Waals surface area contributed by atoms with Gasteiger partial charge >= 0.3 is 0 Å². The molecule has 0 fully saturated rings. The van der Waals surface area contributed by atoms with Gasteiger partial charge in [0.2, 0.25) is 0 Å². The summed E-state index contributed by atoms with van der Waals surface area (Å²) in [6.45, 7) is 0. The first-order valence-electron chi connectivity index (χ1n) is 26.4. The normalized spacial score (nSPS) is 14.3. The van der Waals surface area contributed by atoms with Crippen LogP contribution in [0.3, 0.4) is 0 Å². The van der Waals surface area contributed by atoms with Crippen LogP contribution in [0.15, 0.2) is 255 Å². The van der Waals surface area contributed by atoms with E-state index < -0.39 is 16.1 Å². The van der Waals surface area contributed by atoms with Gasteiger partial charge < -0.3 is 9.13 Å². The van der Waals surface area contributed by atoms with Crippen LogP contribution < -0.4 is 41.5 Å². The zero-order valence-electron chi connectivity index (χ0n) is 41.0. The number of aromatic nitrogens is 4. The SMILES string of the molecule is c1ccc(-c2c(-c3ccc4c(c3-c3ccccn3)-n3c5ccccc5c5cccc(c53)[Si]43c4ccccc4-c4ccccc43)ccc3c2-n2c4ccccc4c4cccc(c42)[Si]32c3ccccc3-c3ccccc32)nc1. The lowest BCUT2D eigenvalue weighted by Gasteiger charge is -2.40. The smallest absolute Gasteiger partial charge is 0.185 e. The summed E-state index contributed by atoms with van der Waals surface area (Å²) < 4.78 is 5.27. The molecule has 0 N–H and O–H groups in total. The van der Waals surface area contributed by atoms with Gasteiger partial charge in [-0.15, -0.1) is 0 Å². The molecule has 18 rings (SSSR count). The van der Waals surface area contributed by atoms with Gasteiger partial charge in [-0.1, -0.05) is 206 Å². The Labute approximate surface area is 440 Å². The molecule has 0 radical (unpaired) electrons. The number of hydrogen-bond acceptors (Lipinski definition) is 2. The van der Waals surface area contributed by atoms with Crippen LogP contribution in [-0.2, 0) is 0 Å². The van der Waals surface area contributed by atoms with E-state index in [0.29, 0.717) is 0 Å². The molecule has 2 spiro atoms. The highest BCUT2D eigenvalue weighted by molar-refractivity contribution is 7.24. The van der Waals surface area contributed by atoms with E-state index in [4.69, 9.17) is 9.97 Å². The average Bonchev–Trinajstić information content (AvgIpc) is 4.30. The number of pyridine rings is 2. The number of rotatable bonds is 3. The molecule has 0 saturated carbocycles. The Bertz CT molecular complexity index is 4490. The number of hydrogen-bond donors (Lipinski definition) is 0. The molecular formula is C70H42N4Si2. The van der Waals surface area contributed by atoms with Crippen molar-refractivity contribution in [3.05, 3.63) is 255 Å². The van der Waals surface area contributed by atoms with E-state index in [-0.39, 0.29) is 0 Å². The van der Waals surface area contributed by atoms with E-state index in [0.717, 1.165) is 33.6 Å². The zero-order valence-corrected chi connectivity index (χ0v) is 43.0. The molecule has 8 heterocycles. The Morgan fingerprint density at radius 1 is 0.250 bits per heavy atom. The minimum Gasteiger partial charge on any atom is -0.309 e. The molecule has 0 atom stereocenters. The van der Waals surface area contributed by atoms with Gasteiger partial charge in [-0.3, -0.25) is 9.97 Å². The number of nitrogens with zero attached hydrogens (tertiary/aromatic N) is 4. The molecule has 4 aromatic heterocycles. The summed E-state index contributed by atoms with van der Waals surface area (Å²) in [5, 5.41) is 16.5. The standard InChI is InChI=1S/C70H42N4Si2/c1-7-29-55-43(19-1)51-25-17-35-61-67(51)73(55)69-63(75(61)57-31-9-3-21-45(57)46-22-4-10-32-58(46)75)39-37-49(65(69)53-27-13-15-41-71-53)50-38-40-64-70(66(50)54-28-14-16-42-72-54)74-56-30-8-2-20-44(56)52-26-18-36-62(68(52)74)76(64)59-33-11-5-23-47(59)48-24-6-12-34-60(48)76/h1-42H. The van der Waals surface area contributed by atoms with E-state index in [1.807, 2.05) is 12.4 Å². The first kappa shape index (κ1) is 40.9. The van der Waals surface area contributed by atoms with Crippen molar-refractivity contribution in [3.8, 4) is 67.3 Å².